The van der Waals surface area contributed by atoms with Gasteiger partial charge in [-0.1, -0.05) is 57.6 Å². The molecule has 0 spiro atoms. The maximum atomic E-state index is 4.09. The maximum absolute atomic E-state index is 4.09. The third-order valence-corrected chi connectivity index (χ3v) is 2.63. The molecule has 0 radical (unpaired) electrons. The molecule has 0 heterocycles. The van der Waals surface area contributed by atoms with Crippen LogP contribution in [0.15, 0.2) is 48.7 Å². The Hall–Kier alpha value is -1.24. The van der Waals surface area contributed by atoms with E-state index in [1.165, 1.54) is 19.3 Å². The molecule has 1 nitrogen and oxygen atoms in total. The Bertz CT molecular complexity index is 284. The van der Waals surface area contributed by atoms with Crippen molar-refractivity contribution in [3.05, 3.63) is 48.7 Å². The van der Waals surface area contributed by atoms with Crippen LogP contribution < -0.4 is 5.32 Å². The van der Waals surface area contributed by atoms with Crippen molar-refractivity contribution < 1.29 is 0 Å². The van der Waals surface area contributed by atoms with E-state index in [4.69, 9.17) is 0 Å². The fraction of sp³-hybridized carbons (Fsp3) is 0.500. The number of unbranched alkanes of at least 4 members (excludes halogenated alkanes) is 2. The first-order valence-corrected chi connectivity index (χ1v) is 6.55. The molecule has 0 fully saturated rings. The average molecular weight is 233 g/mol. The van der Waals surface area contributed by atoms with Gasteiger partial charge in [-0.3, -0.25) is 0 Å². The van der Waals surface area contributed by atoms with Gasteiger partial charge in [0.2, 0.25) is 0 Å². The number of hydrogen-bond acceptors (Lipinski definition) is 1. The van der Waals surface area contributed by atoms with E-state index in [-0.39, 0.29) is 0 Å². The van der Waals surface area contributed by atoms with Crippen molar-refractivity contribution in [2.24, 2.45) is 5.92 Å². The average Bonchev–Trinajstić information content (AvgIpc) is 2.33. The lowest BCUT2D eigenvalue weighted by Gasteiger charge is -2.12. The van der Waals surface area contributed by atoms with E-state index in [1.807, 2.05) is 19.1 Å². The first-order valence-electron chi connectivity index (χ1n) is 6.55. The second kappa shape index (κ2) is 9.95. The van der Waals surface area contributed by atoms with E-state index in [2.05, 4.69) is 44.5 Å². The molecule has 0 rings (SSSR count). The quantitative estimate of drug-likeness (QED) is 0.348. The monoisotopic (exact) mass is 233 g/mol. The van der Waals surface area contributed by atoms with Crippen molar-refractivity contribution in [1.29, 1.82) is 0 Å². The molecule has 17 heavy (non-hydrogen) atoms. The summed E-state index contributed by atoms with van der Waals surface area (Å²) in [6.45, 7) is 15.3. The summed E-state index contributed by atoms with van der Waals surface area (Å²) in [6.07, 6.45) is 12.0. The second-order valence-electron chi connectivity index (χ2n) is 4.33. The van der Waals surface area contributed by atoms with Gasteiger partial charge in [0.05, 0.1) is 0 Å². The number of allylic oxidation sites excluding steroid dienone is 4. The summed E-state index contributed by atoms with van der Waals surface area (Å²) in [5.41, 5.74) is 2.17. The second-order valence-corrected chi connectivity index (χ2v) is 4.33. The van der Waals surface area contributed by atoms with E-state index in [0.717, 1.165) is 17.8 Å². The van der Waals surface area contributed by atoms with Gasteiger partial charge in [-0.25, -0.2) is 0 Å². The number of hydrogen-bond donors (Lipinski definition) is 1. The van der Waals surface area contributed by atoms with Crippen LogP contribution in [-0.2, 0) is 0 Å². The molecule has 0 aromatic carbocycles. The molecule has 0 amide bonds. The Morgan fingerprint density at radius 2 is 2.06 bits per heavy atom. The van der Waals surface area contributed by atoms with Crippen LogP contribution >= 0.6 is 0 Å². The Labute approximate surface area is 107 Å². The molecule has 1 heteroatoms. The predicted molar refractivity (Wildman–Crippen MR) is 78.9 cm³/mol. The third-order valence-electron chi connectivity index (χ3n) is 2.63. The lowest BCUT2D eigenvalue weighted by atomic mass is 10.1. The van der Waals surface area contributed by atoms with Gasteiger partial charge in [0, 0.05) is 12.2 Å². The largest absolute Gasteiger partial charge is 0.385 e. The molecular weight excluding hydrogens is 206 g/mol. The van der Waals surface area contributed by atoms with Crippen molar-refractivity contribution in [2.45, 2.75) is 40.0 Å². The van der Waals surface area contributed by atoms with Gasteiger partial charge >= 0.3 is 0 Å². The normalized spacial score (nSPS) is 13.7. The van der Waals surface area contributed by atoms with Crippen molar-refractivity contribution in [2.75, 3.05) is 6.54 Å². The van der Waals surface area contributed by atoms with Crippen LogP contribution in [0, 0.1) is 5.92 Å². The highest BCUT2D eigenvalue weighted by Crippen LogP contribution is 2.12. The van der Waals surface area contributed by atoms with Gasteiger partial charge in [-0.05, 0) is 24.8 Å². The smallest absolute Gasteiger partial charge is 0.0337 e. The van der Waals surface area contributed by atoms with Crippen LogP contribution in [0.3, 0.4) is 0 Å². The van der Waals surface area contributed by atoms with Gasteiger partial charge < -0.3 is 5.32 Å². The molecule has 1 N–H and O–H groups in total. The molecule has 0 bridgehead atoms. The van der Waals surface area contributed by atoms with Gasteiger partial charge in [0.1, 0.15) is 0 Å². The maximum Gasteiger partial charge on any atom is 0.0337 e. The van der Waals surface area contributed by atoms with Gasteiger partial charge in [0.15, 0.2) is 0 Å². The topological polar surface area (TPSA) is 12.0 Å². The first-order chi connectivity index (χ1) is 8.15. The fourth-order valence-corrected chi connectivity index (χ4v) is 1.50. The van der Waals surface area contributed by atoms with Crippen molar-refractivity contribution in [3.8, 4) is 0 Å². The first kappa shape index (κ1) is 15.8. The minimum Gasteiger partial charge on any atom is -0.385 e. The van der Waals surface area contributed by atoms with Gasteiger partial charge in [-0.15, -0.1) is 6.58 Å². The molecule has 1 atom stereocenters. The zero-order chi connectivity index (χ0) is 13.1. The zero-order valence-electron chi connectivity index (χ0n) is 11.6. The van der Waals surface area contributed by atoms with Crippen molar-refractivity contribution in [1.82, 2.24) is 5.32 Å². The van der Waals surface area contributed by atoms with E-state index in [0.29, 0.717) is 5.92 Å². The molecule has 0 aliphatic rings. The molecule has 96 valence electrons. The summed E-state index contributed by atoms with van der Waals surface area (Å²) in [5.74, 6) is 0.371. The Kier molecular flexibility index (Phi) is 9.22. The van der Waals surface area contributed by atoms with Crippen LogP contribution in [0.25, 0.3) is 0 Å². The molecule has 0 aliphatic heterocycles. The fourth-order valence-electron chi connectivity index (χ4n) is 1.50. The Morgan fingerprint density at radius 3 is 2.59 bits per heavy atom. The summed E-state index contributed by atoms with van der Waals surface area (Å²) in [6, 6.07) is 0. The highest BCUT2D eigenvalue weighted by atomic mass is 14.9. The molecule has 1 unspecified atom stereocenters. The summed E-state index contributed by atoms with van der Waals surface area (Å²) >= 11 is 0. The molecule has 0 aromatic rings. The van der Waals surface area contributed by atoms with E-state index < -0.39 is 0 Å². The molecular formula is C16H27N. The zero-order valence-corrected chi connectivity index (χ0v) is 11.6. The Balaban J connectivity index is 4.35. The van der Waals surface area contributed by atoms with Crippen molar-refractivity contribution in [3.63, 3.8) is 0 Å². The number of rotatable bonds is 9. The number of nitrogens with one attached hydrogen (secondary N) is 1. The summed E-state index contributed by atoms with van der Waals surface area (Å²) < 4.78 is 0. The molecule has 0 saturated carbocycles. The molecule has 0 aliphatic carbocycles. The molecule has 0 aromatic heterocycles. The van der Waals surface area contributed by atoms with E-state index >= 15 is 0 Å². The van der Waals surface area contributed by atoms with Crippen LogP contribution in [0.5, 0.6) is 0 Å². The standard InChI is InChI=1S/C16H27N/c1-6-9-10-12-17-15(5)16(11-7-2)13-14(4)8-3/h7-8,11,13-14,17H,3,5-6,9-10,12H2,1-2,4H3/b11-7-,16-13+. The third kappa shape index (κ3) is 7.62. The summed E-state index contributed by atoms with van der Waals surface area (Å²) in [4.78, 5) is 0. The van der Waals surface area contributed by atoms with Crippen LogP contribution in [0.1, 0.15) is 40.0 Å². The van der Waals surface area contributed by atoms with Crippen LogP contribution in [-0.4, -0.2) is 6.54 Å². The SMILES string of the molecule is C=CC(C)/C=C(\C=C/C)C(=C)NCCCCC. The van der Waals surface area contributed by atoms with Crippen molar-refractivity contribution >= 4 is 0 Å². The van der Waals surface area contributed by atoms with Crippen LogP contribution in [0.4, 0.5) is 0 Å². The predicted octanol–water partition coefficient (Wildman–Crippen LogP) is 4.60. The minimum absolute atomic E-state index is 0.371. The lowest BCUT2D eigenvalue weighted by molar-refractivity contribution is 0.671. The van der Waals surface area contributed by atoms with E-state index in [9.17, 15) is 0 Å². The van der Waals surface area contributed by atoms with Gasteiger partial charge in [0.25, 0.3) is 0 Å². The van der Waals surface area contributed by atoms with Crippen LogP contribution in [0.2, 0.25) is 0 Å². The summed E-state index contributed by atoms with van der Waals surface area (Å²) in [7, 11) is 0. The summed E-state index contributed by atoms with van der Waals surface area (Å²) in [5, 5.41) is 3.38. The van der Waals surface area contributed by atoms with E-state index in [1.54, 1.807) is 0 Å². The van der Waals surface area contributed by atoms with Gasteiger partial charge in [-0.2, -0.15) is 0 Å². The highest BCUT2D eigenvalue weighted by molar-refractivity contribution is 5.37. The minimum atomic E-state index is 0.371. The molecule has 0 saturated heterocycles. The lowest BCUT2D eigenvalue weighted by Crippen LogP contribution is -2.15. The Morgan fingerprint density at radius 1 is 1.35 bits per heavy atom. The highest BCUT2D eigenvalue weighted by Gasteiger charge is 2.00.